The summed E-state index contributed by atoms with van der Waals surface area (Å²) in [6.07, 6.45) is 3.07. The van der Waals surface area contributed by atoms with E-state index in [2.05, 4.69) is 60.4 Å². The number of hydrogen-bond acceptors (Lipinski definition) is 0. The Balaban J connectivity index is 2.06. The number of nitrogens with one attached hydrogen (secondary N) is 1. The predicted octanol–water partition coefficient (Wildman–Crippen LogP) is 4.40. The molecule has 3 aromatic rings. The van der Waals surface area contributed by atoms with E-state index in [4.69, 9.17) is 0 Å². The van der Waals surface area contributed by atoms with Crippen molar-refractivity contribution in [3.63, 3.8) is 0 Å². The molecule has 0 aliphatic heterocycles. The van der Waals surface area contributed by atoms with E-state index in [0.29, 0.717) is 0 Å². The molecular formula is C16H15N. The van der Waals surface area contributed by atoms with Crippen LogP contribution in [-0.4, -0.2) is 4.98 Å². The molecule has 0 saturated heterocycles. The number of aryl methyl sites for hydroxylation is 1. The second-order valence-electron chi connectivity index (χ2n) is 4.33. The molecule has 84 valence electrons. The highest BCUT2D eigenvalue weighted by Crippen LogP contribution is 2.24. The first-order valence-corrected chi connectivity index (χ1v) is 6.03. The van der Waals surface area contributed by atoms with Crippen LogP contribution in [-0.2, 0) is 6.42 Å². The molecule has 1 heteroatoms. The summed E-state index contributed by atoms with van der Waals surface area (Å²) in [5.74, 6) is 0. The number of hydrogen-bond donors (Lipinski definition) is 1. The van der Waals surface area contributed by atoms with Crippen molar-refractivity contribution < 1.29 is 0 Å². The second kappa shape index (κ2) is 4.10. The van der Waals surface area contributed by atoms with Gasteiger partial charge in [0.2, 0.25) is 0 Å². The molecule has 17 heavy (non-hydrogen) atoms. The van der Waals surface area contributed by atoms with Crippen molar-refractivity contribution in [3.05, 3.63) is 60.3 Å². The molecule has 1 nitrogen and oxygen atoms in total. The zero-order valence-electron chi connectivity index (χ0n) is 9.90. The summed E-state index contributed by atoms with van der Waals surface area (Å²) in [6, 6.07) is 17.4. The summed E-state index contributed by atoms with van der Waals surface area (Å²) in [4.78, 5) is 3.25. The fraction of sp³-hybridized carbons (Fsp3) is 0.125. The van der Waals surface area contributed by atoms with E-state index in [9.17, 15) is 0 Å². The van der Waals surface area contributed by atoms with Gasteiger partial charge in [-0.1, -0.05) is 43.3 Å². The van der Waals surface area contributed by atoms with Gasteiger partial charge in [0.1, 0.15) is 0 Å². The van der Waals surface area contributed by atoms with Crippen molar-refractivity contribution in [2.75, 3.05) is 0 Å². The molecular weight excluding hydrogens is 206 g/mol. The fourth-order valence-electron chi connectivity index (χ4n) is 2.16. The number of benzene rings is 2. The summed E-state index contributed by atoms with van der Waals surface area (Å²) in [5.41, 5.74) is 5.12. The Morgan fingerprint density at radius 2 is 1.65 bits per heavy atom. The third-order valence-electron chi connectivity index (χ3n) is 3.25. The first kappa shape index (κ1) is 10.2. The topological polar surface area (TPSA) is 15.8 Å². The average Bonchev–Trinajstić information content (AvgIpc) is 2.86. The normalized spacial score (nSPS) is 10.9. The van der Waals surface area contributed by atoms with Crippen LogP contribution in [0.25, 0.3) is 22.0 Å². The predicted molar refractivity (Wildman–Crippen MR) is 73.1 cm³/mol. The van der Waals surface area contributed by atoms with Crippen LogP contribution in [0.3, 0.4) is 0 Å². The van der Waals surface area contributed by atoms with E-state index in [1.165, 1.54) is 27.6 Å². The summed E-state index contributed by atoms with van der Waals surface area (Å²) >= 11 is 0. The Morgan fingerprint density at radius 1 is 0.882 bits per heavy atom. The lowest BCUT2D eigenvalue weighted by Gasteiger charge is -2.03. The van der Waals surface area contributed by atoms with Gasteiger partial charge in [0, 0.05) is 11.7 Å². The molecule has 0 aliphatic rings. The van der Waals surface area contributed by atoms with E-state index in [1.54, 1.807) is 0 Å². The van der Waals surface area contributed by atoms with Crippen molar-refractivity contribution in [2.24, 2.45) is 0 Å². The molecule has 2 aromatic carbocycles. The molecule has 3 rings (SSSR count). The number of aromatic amines is 1. The highest BCUT2D eigenvalue weighted by atomic mass is 14.7. The van der Waals surface area contributed by atoms with E-state index >= 15 is 0 Å². The number of fused-ring (bicyclic) bond motifs is 1. The summed E-state index contributed by atoms with van der Waals surface area (Å²) in [5, 5.41) is 1.26. The number of H-pyrrole nitrogens is 1. The molecule has 1 heterocycles. The van der Waals surface area contributed by atoms with Gasteiger partial charge >= 0.3 is 0 Å². The fourth-order valence-corrected chi connectivity index (χ4v) is 2.16. The quantitative estimate of drug-likeness (QED) is 0.660. The van der Waals surface area contributed by atoms with Crippen LogP contribution in [0.5, 0.6) is 0 Å². The maximum Gasteiger partial charge on any atom is 0.0460 e. The zero-order chi connectivity index (χ0) is 11.7. The Bertz CT molecular complexity index is 632. The molecule has 0 bridgehead atoms. The lowest BCUT2D eigenvalue weighted by molar-refractivity contribution is 1.14. The Morgan fingerprint density at radius 3 is 2.41 bits per heavy atom. The van der Waals surface area contributed by atoms with Crippen LogP contribution >= 0.6 is 0 Å². The minimum atomic E-state index is 1.09. The van der Waals surface area contributed by atoms with Gasteiger partial charge in [-0.05, 0) is 40.6 Å². The van der Waals surface area contributed by atoms with Crippen molar-refractivity contribution >= 4 is 10.9 Å². The van der Waals surface area contributed by atoms with Crippen LogP contribution in [0.2, 0.25) is 0 Å². The maximum absolute atomic E-state index is 3.25. The highest BCUT2D eigenvalue weighted by molar-refractivity contribution is 5.84. The maximum atomic E-state index is 3.25. The number of aromatic nitrogens is 1. The monoisotopic (exact) mass is 221 g/mol. The Kier molecular flexibility index (Phi) is 2.45. The molecule has 0 unspecified atom stereocenters. The molecule has 0 radical (unpaired) electrons. The van der Waals surface area contributed by atoms with Crippen molar-refractivity contribution in [2.45, 2.75) is 13.3 Å². The first-order chi connectivity index (χ1) is 8.36. The summed E-state index contributed by atoms with van der Waals surface area (Å²) in [7, 11) is 0. The summed E-state index contributed by atoms with van der Waals surface area (Å²) in [6.45, 7) is 2.18. The minimum absolute atomic E-state index is 1.09. The third-order valence-corrected chi connectivity index (χ3v) is 3.25. The molecule has 0 amide bonds. The van der Waals surface area contributed by atoms with Crippen molar-refractivity contribution in [1.29, 1.82) is 0 Å². The molecule has 0 aliphatic carbocycles. The van der Waals surface area contributed by atoms with Crippen LogP contribution in [0, 0.1) is 0 Å². The van der Waals surface area contributed by atoms with Crippen molar-refractivity contribution in [1.82, 2.24) is 4.98 Å². The van der Waals surface area contributed by atoms with Gasteiger partial charge in [0.25, 0.3) is 0 Å². The smallest absolute Gasteiger partial charge is 0.0460 e. The number of rotatable bonds is 2. The van der Waals surface area contributed by atoms with Crippen LogP contribution < -0.4 is 0 Å². The first-order valence-electron chi connectivity index (χ1n) is 6.03. The Labute approximate surface area is 101 Å². The van der Waals surface area contributed by atoms with E-state index < -0.39 is 0 Å². The molecule has 1 N–H and O–H groups in total. The van der Waals surface area contributed by atoms with Gasteiger partial charge in [0.05, 0.1) is 0 Å². The largest absolute Gasteiger partial charge is 0.361 e. The molecule has 0 saturated carbocycles. The van der Waals surface area contributed by atoms with Gasteiger partial charge in [-0.15, -0.1) is 0 Å². The van der Waals surface area contributed by atoms with Gasteiger partial charge in [-0.25, -0.2) is 0 Å². The van der Waals surface area contributed by atoms with E-state index in [1.807, 2.05) is 6.20 Å². The van der Waals surface area contributed by atoms with Crippen LogP contribution in [0.4, 0.5) is 0 Å². The Hall–Kier alpha value is -2.02. The van der Waals surface area contributed by atoms with Crippen molar-refractivity contribution in [3.8, 4) is 11.1 Å². The van der Waals surface area contributed by atoms with Crippen LogP contribution in [0.1, 0.15) is 12.5 Å². The van der Waals surface area contributed by atoms with Crippen LogP contribution in [0.15, 0.2) is 54.7 Å². The van der Waals surface area contributed by atoms with E-state index in [0.717, 1.165) is 6.42 Å². The van der Waals surface area contributed by atoms with Gasteiger partial charge in [-0.3, -0.25) is 0 Å². The zero-order valence-corrected chi connectivity index (χ0v) is 9.90. The molecule has 0 spiro atoms. The lowest BCUT2D eigenvalue weighted by Crippen LogP contribution is -1.81. The second-order valence-corrected chi connectivity index (χ2v) is 4.33. The highest BCUT2D eigenvalue weighted by Gasteiger charge is 2.00. The molecule has 0 fully saturated rings. The molecule has 0 atom stereocenters. The standard InChI is InChI=1S/C16H15N/c1-2-12-3-5-13(6-4-12)15-8-7-14-9-10-17-16(14)11-15/h3-11,17H,2H2,1H3. The van der Waals surface area contributed by atoms with Gasteiger partial charge < -0.3 is 4.98 Å². The summed E-state index contributed by atoms with van der Waals surface area (Å²) < 4.78 is 0. The SMILES string of the molecule is CCc1ccc(-c2ccc3cc[nH]c3c2)cc1. The van der Waals surface area contributed by atoms with Gasteiger partial charge in [-0.2, -0.15) is 0 Å². The van der Waals surface area contributed by atoms with Gasteiger partial charge in [0.15, 0.2) is 0 Å². The van der Waals surface area contributed by atoms with E-state index in [-0.39, 0.29) is 0 Å². The average molecular weight is 221 g/mol. The minimum Gasteiger partial charge on any atom is -0.361 e. The lowest BCUT2D eigenvalue weighted by atomic mass is 10.0. The third kappa shape index (κ3) is 1.84. The molecule has 1 aromatic heterocycles.